The Morgan fingerprint density at radius 2 is 2.08 bits per heavy atom. The number of halogens is 2. The third-order valence-corrected chi connectivity index (χ3v) is 2.01. The van der Waals surface area contributed by atoms with Gasteiger partial charge in [0.15, 0.2) is 0 Å². The van der Waals surface area contributed by atoms with Gasteiger partial charge in [-0.1, -0.05) is 29.3 Å². The lowest BCUT2D eigenvalue weighted by atomic mass is 9.80. The van der Waals surface area contributed by atoms with Crippen molar-refractivity contribution in [1.82, 2.24) is 0 Å². The average Bonchev–Trinajstić information content (AvgIpc) is 2.03. The highest BCUT2D eigenvalue weighted by Crippen LogP contribution is 2.13. The Labute approximate surface area is 81.2 Å². The largest absolute Gasteiger partial charge is 0.492 e. The number of hydrogen-bond donors (Lipinski definition) is 1. The molecule has 0 saturated heterocycles. The SMILES string of the molecule is COB(O)c1ccc(Cl)cc1Cl. The Hall–Kier alpha value is -0.215. The molecule has 0 aliphatic heterocycles. The lowest BCUT2D eigenvalue weighted by Gasteiger charge is -2.05. The maximum absolute atomic E-state index is 9.25. The molecule has 0 bridgehead atoms. The van der Waals surface area contributed by atoms with Gasteiger partial charge in [0.2, 0.25) is 0 Å². The summed E-state index contributed by atoms with van der Waals surface area (Å²) in [6.45, 7) is 0. The third kappa shape index (κ3) is 2.14. The molecule has 0 fully saturated rings. The van der Waals surface area contributed by atoms with Crippen LogP contribution in [0.4, 0.5) is 0 Å². The van der Waals surface area contributed by atoms with E-state index in [9.17, 15) is 5.02 Å². The van der Waals surface area contributed by atoms with Crippen LogP contribution in [0.5, 0.6) is 0 Å². The van der Waals surface area contributed by atoms with Crippen LogP contribution < -0.4 is 5.46 Å². The first-order chi connectivity index (χ1) is 5.65. The predicted molar refractivity (Wildman–Crippen MR) is 51.1 cm³/mol. The molecule has 0 aliphatic rings. The highest BCUT2D eigenvalue weighted by atomic mass is 35.5. The summed E-state index contributed by atoms with van der Waals surface area (Å²) >= 11 is 11.4. The first kappa shape index (κ1) is 9.87. The van der Waals surface area contributed by atoms with Crippen LogP contribution in [0.3, 0.4) is 0 Å². The fourth-order valence-electron chi connectivity index (χ4n) is 0.829. The zero-order valence-electron chi connectivity index (χ0n) is 6.42. The highest BCUT2D eigenvalue weighted by molar-refractivity contribution is 6.64. The lowest BCUT2D eigenvalue weighted by molar-refractivity contribution is 0.341. The molecule has 0 heterocycles. The molecule has 0 radical (unpaired) electrons. The van der Waals surface area contributed by atoms with Crippen LogP contribution in [0.1, 0.15) is 0 Å². The summed E-state index contributed by atoms with van der Waals surface area (Å²) in [7, 11) is 0.407. The molecule has 64 valence electrons. The molecular weight excluding hydrogens is 198 g/mol. The van der Waals surface area contributed by atoms with E-state index in [2.05, 4.69) is 4.65 Å². The topological polar surface area (TPSA) is 29.5 Å². The Bertz CT molecular complexity index is 280. The van der Waals surface area contributed by atoms with Gasteiger partial charge in [0.25, 0.3) is 0 Å². The van der Waals surface area contributed by atoms with Crippen LogP contribution in [-0.2, 0) is 4.65 Å². The van der Waals surface area contributed by atoms with Gasteiger partial charge in [0.1, 0.15) is 0 Å². The van der Waals surface area contributed by atoms with Crippen LogP contribution in [0.15, 0.2) is 18.2 Å². The second kappa shape index (κ2) is 4.14. The standard InChI is InChI=1S/C7H7BCl2O2/c1-12-8(11)6-3-2-5(9)4-7(6)10/h2-4,11H,1H3. The minimum absolute atomic E-state index is 0.400. The summed E-state index contributed by atoms with van der Waals surface area (Å²) in [6, 6.07) is 4.82. The molecule has 0 amide bonds. The molecule has 0 unspecified atom stereocenters. The minimum atomic E-state index is -0.991. The van der Waals surface area contributed by atoms with E-state index in [1.54, 1.807) is 18.2 Å². The molecule has 12 heavy (non-hydrogen) atoms. The summed E-state index contributed by atoms with van der Waals surface area (Å²) in [5.41, 5.74) is 0.517. The molecule has 0 aromatic heterocycles. The van der Waals surface area contributed by atoms with Gasteiger partial charge >= 0.3 is 7.12 Å². The van der Waals surface area contributed by atoms with Gasteiger partial charge in [-0.05, 0) is 12.1 Å². The predicted octanol–water partition coefficient (Wildman–Crippen LogP) is 1.33. The minimum Gasteiger partial charge on any atom is -0.423 e. The van der Waals surface area contributed by atoms with E-state index in [0.717, 1.165) is 0 Å². The van der Waals surface area contributed by atoms with Gasteiger partial charge in [-0.25, -0.2) is 0 Å². The highest BCUT2D eigenvalue weighted by Gasteiger charge is 2.17. The molecule has 0 saturated carbocycles. The third-order valence-electron chi connectivity index (χ3n) is 1.45. The van der Waals surface area contributed by atoms with E-state index in [1.165, 1.54) is 7.11 Å². The van der Waals surface area contributed by atoms with Crippen molar-refractivity contribution in [2.24, 2.45) is 0 Å². The van der Waals surface area contributed by atoms with Crippen molar-refractivity contribution in [3.63, 3.8) is 0 Å². The van der Waals surface area contributed by atoms with Crippen molar-refractivity contribution in [2.45, 2.75) is 0 Å². The number of benzene rings is 1. The van der Waals surface area contributed by atoms with Crippen LogP contribution >= 0.6 is 23.2 Å². The molecule has 1 N–H and O–H groups in total. The smallest absolute Gasteiger partial charge is 0.423 e. The zero-order chi connectivity index (χ0) is 9.14. The molecule has 5 heteroatoms. The van der Waals surface area contributed by atoms with Crippen molar-refractivity contribution in [3.05, 3.63) is 28.2 Å². The van der Waals surface area contributed by atoms with Crippen LogP contribution in [0, 0.1) is 0 Å². The Morgan fingerprint density at radius 3 is 2.58 bits per heavy atom. The first-order valence-corrected chi connectivity index (χ1v) is 4.06. The summed E-state index contributed by atoms with van der Waals surface area (Å²) in [4.78, 5) is 0. The number of hydrogen-bond acceptors (Lipinski definition) is 2. The van der Waals surface area contributed by atoms with Gasteiger partial charge < -0.3 is 9.68 Å². The molecule has 1 rings (SSSR count). The van der Waals surface area contributed by atoms with Gasteiger partial charge in [-0.2, -0.15) is 0 Å². The van der Waals surface area contributed by atoms with Crippen molar-refractivity contribution < 1.29 is 9.68 Å². The zero-order valence-corrected chi connectivity index (χ0v) is 7.93. The van der Waals surface area contributed by atoms with E-state index < -0.39 is 7.12 Å². The lowest BCUT2D eigenvalue weighted by Crippen LogP contribution is -2.33. The van der Waals surface area contributed by atoms with Crippen LogP contribution in [0.2, 0.25) is 10.0 Å². The molecule has 1 aromatic rings. The van der Waals surface area contributed by atoms with Crippen LogP contribution in [-0.4, -0.2) is 19.3 Å². The monoisotopic (exact) mass is 204 g/mol. The maximum atomic E-state index is 9.25. The second-order valence-corrected chi connectivity index (χ2v) is 3.10. The van der Waals surface area contributed by atoms with Crippen molar-refractivity contribution in [3.8, 4) is 0 Å². The summed E-state index contributed by atoms with van der Waals surface area (Å²) < 4.78 is 4.68. The molecular formula is C7H7BCl2O2. The van der Waals surface area contributed by atoms with Gasteiger partial charge in [0.05, 0.1) is 0 Å². The molecule has 2 nitrogen and oxygen atoms in total. The fraction of sp³-hybridized carbons (Fsp3) is 0.143. The normalized spacial score (nSPS) is 10.0. The first-order valence-electron chi connectivity index (χ1n) is 3.31. The van der Waals surface area contributed by atoms with E-state index >= 15 is 0 Å². The summed E-state index contributed by atoms with van der Waals surface area (Å²) in [5, 5.41) is 10.2. The molecule has 0 aliphatic carbocycles. The summed E-state index contributed by atoms with van der Waals surface area (Å²) in [5.74, 6) is 0. The van der Waals surface area contributed by atoms with Crippen molar-refractivity contribution in [1.29, 1.82) is 0 Å². The Kier molecular flexibility index (Phi) is 3.41. The number of rotatable bonds is 2. The van der Waals surface area contributed by atoms with E-state index in [0.29, 0.717) is 15.5 Å². The van der Waals surface area contributed by atoms with E-state index in [1.807, 2.05) is 0 Å². The van der Waals surface area contributed by atoms with Gasteiger partial charge in [-0.3, -0.25) is 0 Å². The fourth-order valence-corrected chi connectivity index (χ4v) is 1.33. The van der Waals surface area contributed by atoms with Crippen molar-refractivity contribution in [2.75, 3.05) is 7.11 Å². The van der Waals surface area contributed by atoms with Crippen LogP contribution in [0.25, 0.3) is 0 Å². The van der Waals surface area contributed by atoms with E-state index in [-0.39, 0.29) is 0 Å². The quantitative estimate of drug-likeness (QED) is 0.737. The van der Waals surface area contributed by atoms with Gasteiger partial charge in [-0.15, -0.1) is 0 Å². The molecule has 0 spiro atoms. The van der Waals surface area contributed by atoms with Gasteiger partial charge in [0, 0.05) is 22.6 Å². The Morgan fingerprint density at radius 1 is 1.42 bits per heavy atom. The average molecular weight is 205 g/mol. The summed E-state index contributed by atoms with van der Waals surface area (Å²) in [6.07, 6.45) is 0. The maximum Gasteiger partial charge on any atom is 0.492 e. The molecule has 1 aromatic carbocycles. The van der Waals surface area contributed by atoms with Crippen molar-refractivity contribution >= 4 is 35.8 Å². The molecule has 0 atom stereocenters. The Balaban J connectivity index is 3.01. The second-order valence-electron chi connectivity index (χ2n) is 2.25. The van der Waals surface area contributed by atoms with E-state index in [4.69, 9.17) is 23.2 Å².